The van der Waals surface area contributed by atoms with Gasteiger partial charge < -0.3 is 26.0 Å². The molecule has 0 aromatic heterocycles. The van der Waals surface area contributed by atoms with Crippen LogP contribution in [0.3, 0.4) is 0 Å². The van der Waals surface area contributed by atoms with Gasteiger partial charge in [-0.1, -0.05) is 26.7 Å². The highest BCUT2D eigenvalue weighted by atomic mass is 32.2. The van der Waals surface area contributed by atoms with Crippen molar-refractivity contribution in [3.63, 3.8) is 0 Å². The molecule has 5 fully saturated rings. The predicted octanol–water partition coefficient (Wildman–Crippen LogP) is 2.79. The van der Waals surface area contributed by atoms with Gasteiger partial charge in [0.05, 0.1) is 24.9 Å². The van der Waals surface area contributed by atoms with Crippen LogP contribution in [0.4, 0.5) is 0 Å². The van der Waals surface area contributed by atoms with Crippen LogP contribution in [0.25, 0.3) is 0 Å². The fourth-order valence-corrected chi connectivity index (χ4v) is 12.2. The lowest BCUT2D eigenvalue weighted by molar-refractivity contribution is -0.207. The first-order valence-electron chi connectivity index (χ1n) is 17.0. The molecular weight excluding hydrogens is 590 g/mol. The fourth-order valence-electron chi connectivity index (χ4n) is 10.9. The third-order valence-corrected chi connectivity index (χ3v) is 14.8. The topological polar surface area (TPSA) is 139 Å². The van der Waals surface area contributed by atoms with E-state index in [2.05, 4.69) is 37.3 Å². The van der Waals surface area contributed by atoms with Crippen molar-refractivity contribution in [1.29, 1.82) is 0 Å². The van der Waals surface area contributed by atoms with E-state index in [0.29, 0.717) is 30.2 Å². The average Bonchev–Trinajstić information content (AvgIpc) is 3.37. The minimum atomic E-state index is -0.661. The van der Waals surface area contributed by atoms with Crippen molar-refractivity contribution in [2.45, 2.75) is 115 Å². The maximum absolute atomic E-state index is 13.2. The molecule has 1 saturated heterocycles. The van der Waals surface area contributed by atoms with Crippen LogP contribution in [0.5, 0.6) is 0 Å². The minimum Gasteiger partial charge on any atom is -0.393 e. The van der Waals surface area contributed by atoms with E-state index in [0.717, 1.165) is 44.1 Å². The summed E-state index contributed by atoms with van der Waals surface area (Å²) in [6.45, 7) is 8.68. The number of hydrogen-bond donors (Lipinski definition) is 5. The van der Waals surface area contributed by atoms with Crippen LogP contribution in [0.1, 0.15) is 85.5 Å². The first kappa shape index (κ1) is 32.9. The van der Waals surface area contributed by atoms with E-state index >= 15 is 0 Å². The summed E-state index contributed by atoms with van der Waals surface area (Å²) in [5.41, 5.74) is 0.867. The number of aliphatic hydroxyl groups is 3. The van der Waals surface area contributed by atoms with Crippen LogP contribution in [0, 0.1) is 58.7 Å². The smallest absolute Gasteiger partial charge is 0.268 e. The van der Waals surface area contributed by atoms with Crippen LogP contribution in [0.15, 0.2) is 11.3 Å². The number of carbonyl (C=O) groups is 3. The van der Waals surface area contributed by atoms with Crippen LogP contribution < -0.4 is 10.6 Å². The van der Waals surface area contributed by atoms with Crippen molar-refractivity contribution < 1.29 is 29.7 Å². The minimum absolute atomic E-state index is 0.0408. The number of aliphatic hydroxyl groups excluding tert-OH is 3. The number of terminal acetylenes is 1. The zero-order valence-electron chi connectivity index (χ0n) is 27.1. The molecule has 0 radical (unpaired) electrons. The van der Waals surface area contributed by atoms with Gasteiger partial charge in [-0.15, -0.1) is 18.2 Å². The number of hydrogen-bond acceptors (Lipinski definition) is 7. The van der Waals surface area contributed by atoms with Gasteiger partial charge in [-0.25, -0.2) is 0 Å². The van der Waals surface area contributed by atoms with E-state index in [9.17, 15) is 29.7 Å². The molecule has 2 aliphatic heterocycles. The second-order valence-electron chi connectivity index (χ2n) is 15.5. The Morgan fingerprint density at radius 3 is 2.62 bits per heavy atom. The SMILES string of the molecule is C#CCNC(=O)C1=C(C)CSC2C(NC(=O)CC[C@@H](C)[C@H]3CC[C@H]4C5[C@H](O)C[C@@H]6C[C@H](O)CC[C@]6(C)[C@H]5C[C@H](O)[C@]34C)C(=O)N12. The van der Waals surface area contributed by atoms with Crippen molar-refractivity contribution in [2.24, 2.45) is 46.3 Å². The number of β-lactam (4-membered cyclic amide) rings is 1. The molecule has 3 unspecified atom stereocenters. The van der Waals surface area contributed by atoms with Gasteiger partial charge >= 0.3 is 0 Å². The van der Waals surface area contributed by atoms with Crippen molar-refractivity contribution in [2.75, 3.05) is 12.3 Å². The van der Waals surface area contributed by atoms with Gasteiger partial charge in [0.25, 0.3) is 11.8 Å². The second kappa shape index (κ2) is 12.2. The summed E-state index contributed by atoms with van der Waals surface area (Å²) in [6.07, 6.45) is 10.9. The molecule has 248 valence electrons. The largest absolute Gasteiger partial charge is 0.393 e. The first-order valence-corrected chi connectivity index (χ1v) is 18.1. The number of nitrogens with one attached hydrogen (secondary N) is 2. The van der Waals surface area contributed by atoms with Crippen LogP contribution in [0.2, 0.25) is 0 Å². The van der Waals surface area contributed by atoms with E-state index in [1.165, 1.54) is 4.90 Å². The Bertz CT molecular complexity index is 1300. The maximum atomic E-state index is 13.2. The van der Waals surface area contributed by atoms with Crippen molar-refractivity contribution in [3.8, 4) is 12.3 Å². The number of amides is 3. The summed E-state index contributed by atoms with van der Waals surface area (Å²) in [6, 6.07) is -0.661. The van der Waals surface area contributed by atoms with Gasteiger partial charge in [-0.3, -0.25) is 19.3 Å². The lowest BCUT2D eigenvalue weighted by atomic mass is 9.43. The molecule has 5 N–H and O–H groups in total. The molecule has 0 bridgehead atoms. The molecule has 10 heteroatoms. The molecule has 13 atom stereocenters. The quantitative estimate of drug-likeness (QED) is 0.213. The zero-order chi connectivity index (χ0) is 32.4. The third kappa shape index (κ3) is 5.25. The lowest BCUT2D eigenvalue weighted by Crippen LogP contribution is -2.71. The fraction of sp³-hybridized carbons (Fsp3) is 0.800. The third-order valence-electron chi connectivity index (χ3n) is 13.4. The van der Waals surface area contributed by atoms with E-state index in [1.54, 1.807) is 11.8 Å². The monoisotopic (exact) mass is 641 g/mol. The number of nitrogens with zero attached hydrogens (tertiary/aromatic N) is 1. The normalized spacial score (nSPS) is 44.4. The molecule has 4 saturated carbocycles. The molecule has 6 aliphatic rings. The Morgan fingerprint density at radius 2 is 1.89 bits per heavy atom. The highest BCUT2D eigenvalue weighted by Crippen LogP contribution is 2.68. The number of fused-ring (bicyclic) bond motifs is 6. The molecule has 3 amide bonds. The standard InChI is InChI=1S/C35H51N3O6S/c1-6-13-36-31(43)30-19(3)17-45-33-29(32(44)38(30)33)37-27(42)10-7-18(2)22-8-9-23-28-24(16-26(41)35(22,23)5)34(4)12-11-21(39)14-20(34)15-25(28)40/h1,18,20-26,28-29,33,39-41H,7-17H2,2-5H3,(H,36,43)(H,37,42)/t18-,20+,21-,22-,23+,24+,25-,26+,28?,29?,33?,34+,35-/m1/s1. The summed E-state index contributed by atoms with van der Waals surface area (Å²) in [4.78, 5) is 40.4. The lowest BCUT2D eigenvalue weighted by Gasteiger charge is -2.63. The summed E-state index contributed by atoms with van der Waals surface area (Å²) in [5, 5.41) is 39.0. The van der Waals surface area contributed by atoms with E-state index in [1.807, 2.05) is 6.92 Å². The Hall–Kier alpha value is -2.06. The van der Waals surface area contributed by atoms with Gasteiger partial charge in [0, 0.05) is 12.2 Å². The van der Waals surface area contributed by atoms with Gasteiger partial charge in [0.2, 0.25) is 5.91 Å². The van der Waals surface area contributed by atoms with Gasteiger partial charge in [-0.2, -0.15) is 0 Å². The Balaban J connectivity index is 1.07. The van der Waals surface area contributed by atoms with E-state index in [-0.39, 0.29) is 82.6 Å². The molecule has 0 spiro atoms. The maximum Gasteiger partial charge on any atom is 0.268 e. The first-order chi connectivity index (χ1) is 21.3. The van der Waals surface area contributed by atoms with Gasteiger partial charge in [-0.05, 0) is 110 Å². The highest BCUT2D eigenvalue weighted by Gasteiger charge is 2.65. The van der Waals surface area contributed by atoms with Crippen molar-refractivity contribution in [3.05, 3.63) is 11.3 Å². The molecule has 0 aromatic carbocycles. The summed E-state index contributed by atoms with van der Waals surface area (Å²) < 4.78 is 0. The number of rotatable bonds is 7. The van der Waals surface area contributed by atoms with Crippen LogP contribution >= 0.6 is 11.8 Å². The molecule has 2 heterocycles. The number of thioether (sulfide) groups is 1. The second-order valence-corrected chi connectivity index (χ2v) is 16.6. The predicted molar refractivity (Wildman–Crippen MR) is 172 cm³/mol. The zero-order valence-corrected chi connectivity index (χ0v) is 27.9. The van der Waals surface area contributed by atoms with Crippen molar-refractivity contribution in [1.82, 2.24) is 15.5 Å². The number of carbonyl (C=O) groups excluding carboxylic acids is 3. The molecule has 9 nitrogen and oxygen atoms in total. The van der Waals surface area contributed by atoms with E-state index < -0.39 is 18.2 Å². The van der Waals surface area contributed by atoms with E-state index in [4.69, 9.17) is 6.42 Å². The Kier molecular flexibility index (Phi) is 8.90. The van der Waals surface area contributed by atoms with Gasteiger partial charge in [0.15, 0.2) is 0 Å². The Labute approximate surface area is 271 Å². The average molecular weight is 642 g/mol. The summed E-state index contributed by atoms with van der Waals surface area (Å²) >= 11 is 1.54. The molecule has 6 rings (SSSR count). The molecule has 45 heavy (non-hydrogen) atoms. The summed E-state index contributed by atoms with van der Waals surface area (Å²) in [5.74, 6) is 3.54. The van der Waals surface area contributed by atoms with Crippen LogP contribution in [-0.2, 0) is 14.4 Å². The Morgan fingerprint density at radius 1 is 1.13 bits per heavy atom. The molecular formula is C35H51N3O6S. The van der Waals surface area contributed by atoms with Crippen LogP contribution in [-0.4, -0.2) is 80.0 Å². The molecule has 0 aromatic rings. The molecule has 4 aliphatic carbocycles. The van der Waals surface area contributed by atoms with Crippen molar-refractivity contribution >= 4 is 29.5 Å². The summed E-state index contributed by atoms with van der Waals surface area (Å²) in [7, 11) is 0. The highest BCUT2D eigenvalue weighted by molar-refractivity contribution is 8.00. The van der Waals surface area contributed by atoms with Gasteiger partial charge in [0.1, 0.15) is 17.1 Å².